The number of thiazole rings is 1. The van der Waals surface area contributed by atoms with Crippen molar-refractivity contribution in [3.63, 3.8) is 0 Å². The van der Waals surface area contributed by atoms with Gasteiger partial charge in [0.05, 0.1) is 0 Å². The summed E-state index contributed by atoms with van der Waals surface area (Å²) < 4.78 is 0. The zero-order valence-electron chi connectivity index (χ0n) is 11.9. The highest BCUT2D eigenvalue weighted by molar-refractivity contribution is 7.20. The largest absolute Gasteiger partial charge is 0.389 e. The lowest BCUT2D eigenvalue weighted by Gasteiger charge is -2.05. The summed E-state index contributed by atoms with van der Waals surface area (Å²) in [5.41, 5.74) is 8.98. The molecular formula is C15H19N3OS. The van der Waals surface area contributed by atoms with Gasteiger partial charge in [0.15, 0.2) is 5.13 Å². The summed E-state index contributed by atoms with van der Waals surface area (Å²) in [7, 11) is 0. The number of aromatic nitrogens is 1. The van der Waals surface area contributed by atoms with Gasteiger partial charge in [0.25, 0.3) is 0 Å². The van der Waals surface area contributed by atoms with E-state index >= 15 is 0 Å². The minimum absolute atomic E-state index is 0.141. The first-order valence-electron chi connectivity index (χ1n) is 6.59. The van der Waals surface area contributed by atoms with E-state index in [0.717, 1.165) is 17.7 Å². The molecule has 0 saturated heterocycles. The molecule has 2 aromatic rings. The Balaban J connectivity index is 2.23. The number of nitrogens with two attached hydrogens (primary N) is 1. The third-order valence-electron chi connectivity index (χ3n) is 2.81. The smallest absolute Gasteiger partial charge is 0.223 e. The van der Waals surface area contributed by atoms with E-state index < -0.39 is 0 Å². The van der Waals surface area contributed by atoms with Crippen molar-refractivity contribution in [3.05, 3.63) is 29.8 Å². The fourth-order valence-electron chi connectivity index (χ4n) is 2.01. The number of nitrogens with one attached hydrogen (secondary N) is 1. The molecule has 1 heterocycles. The minimum atomic E-state index is -0.141. The Morgan fingerprint density at radius 1 is 1.35 bits per heavy atom. The van der Waals surface area contributed by atoms with E-state index in [2.05, 4.69) is 36.3 Å². The van der Waals surface area contributed by atoms with Crippen molar-refractivity contribution in [2.75, 3.05) is 11.1 Å². The summed E-state index contributed by atoms with van der Waals surface area (Å²) in [6.45, 7) is 5.86. The molecule has 0 fully saturated rings. The highest BCUT2D eigenvalue weighted by atomic mass is 32.1. The lowest BCUT2D eigenvalue weighted by molar-refractivity contribution is -0.114. The summed E-state index contributed by atoms with van der Waals surface area (Å²) >= 11 is 1.29. The van der Waals surface area contributed by atoms with Gasteiger partial charge < -0.3 is 11.1 Å². The lowest BCUT2D eigenvalue weighted by atomic mass is 10.0. The van der Waals surface area contributed by atoms with Crippen LogP contribution in [0.4, 0.5) is 10.1 Å². The van der Waals surface area contributed by atoms with Crippen LogP contribution >= 0.6 is 11.3 Å². The van der Waals surface area contributed by atoms with Gasteiger partial charge in [0.1, 0.15) is 10.7 Å². The molecule has 4 nitrogen and oxygen atoms in total. The third kappa shape index (κ3) is 3.57. The molecule has 0 atom stereocenters. The van der Waals surface area contributed by atoms with Crippen molar-refractivity contribution in [1.29, 1.82) is 0 Å². The molecule has 0 unspecified atom stereocenters. The van der Waals surface area contributed by atoms with Crippen molar-refractivity contribution in [3.8, 4) is 11.3 Å². The number of carbonyl (C=O) groups is 1. The van der Waals surface area contributed by atoms with Gasteiger partial charge >= 0.3 is 0 Å². The third-order valence-corrected chi connectivity index (χ3v) is 3.61. The monoisotopic (exact) mass is 289 g/mol. The van der Waals surface area contributed by atoms with Crippen molar-refractivity contribution in [1.82, 2.24) is 4.98 Å². The van der Waals surface area contributed by atoms with Gasteiger partial charge in [-0.3, -0.25) is 4.79 Å². The second-order valence-corrected chi connectivity index (χ2v) is 6.24. The molecule has 0 bridgehead atoms. The number of nitrogens with zero attached hydrogens (tertiary/aromatic N) is 1. The number of benzene rings is 1. The maximum Gasteiger partial charge on any atom is 0.223 e. The molecule has 0 aliphatic rings. The van der Waals surface area contributed by atoms with Crippen LogP contribution in [-0.4, -0.2) is 10.9 Å². The fourth-order valence-corrected chi connectivity index (χ4v) is 2.81. The van der Waals surface area contributed by atoms with Crippen LogP contribution in [0.2, 0.25) is 0 Å². The molecule has 2 rings (SSSR count). The number of hydrogen-bond donors (Lipinski definition) is 2. The molecular weight excluding hydrogens is 270 g/mol. The van der Waals surface area contributed by atoms with Crippen molar-refractivity contribution in [2.24, 2.45) is 5.92 Å². The second kappa shape index (κ2) is 6.05. The second-order valence-electron chi connectivity index (χ2n) is 5.21. The SMILES string of the molecule is CC(=O)Nc1nc(-c2ccc(CC(C)C)cc2)c(N)s1. The van der Waals surface area contributed by atoms with Crippen LogP contribution in [0.5, 0.6) is 0 Å². The van der Waals surface area contributed by atoms with Crippen LogP contribution < -0.4 is 11.1 Å². The van der Waals surface area contributed by atoms with E-state index in [4.69, 9.17) is 5.73 Å². The number of nitrogen functional groups attached to an aromatic ring is 1. The molecule has 1 aromatic heterocycles. The minimum Gasteiger partial charge on any atom is -0.389 e. The summed E-state index contributed by atoms with van der Waals surface area (Å²) in [4.78, 5) is 15.4. The molecule has 106 valence electrons. The zero-order chi connectivity index (χ0) is 14.7. The van der Waals surface area contributed by atoms with Crippen LogP contribution in [0.25, 0.3) is 11.3 Å². The Hall–Kier alpha value is -1.88. The van der Waals surface area contributed by atoms with Crippen molar-refractivity contribution < 1.29 is 4.79 Å². The van der Waals surface area contributed by atoms with E-state index in [1.54, 1.807) is 0 Å². The number of anilines is 2. The van der Waals surface area contributed by atoms with Gasteiger partial charge in [-0.1, -0.05) is 49.4 Å². The predicted molar refractivity (Wildman–Crippen MR) is 84.8 cm³/mol. The Labute approximate surface area is 123 Å². The first-order valence-corrected chi connectivity index (χ1v) is 7.40. The molecule has 1 aromatic carbocycles. The van der Waals surface area contributed by atoms with Crippen LogP contribution in [-0.2, 0) is 11.2 Å². The van der Waals surface area contributed by atoms with Gasteiger partial charge in [-0.05, 0) is 17.9 Å². The highest BCUT2D eigenvalue weighted by Crippen LogP contribution is 2.33. The number of hydrogen-bond acceptors (Lipinski definition) is 4. The molecule has 3 N–H and O–H groups in total. The zero-order valence-corrected chi connectivity index (χ0v) is 12.8. The quantitative estimate of drug-likeness (QED) is 0.904. The Morgan fingerprint density at radius 3 is 2.55 bits per heavy atom. The molecule has 0 spiro atoms. The van der Waals surface area contributed by atoms with Gasteiger partial charge in [-0.25, -0.2) is 4.98 Å². The lowest BCUT2D eigenvalue weighted by Crippen LogP contribution is -2.04. The maximum absolute atomic E-state index is 11.0. The molecule has 5 heteroatoms. The predicted octanol–water partition coefficient (Wildman–Crippen LogP) is 3.55. The van der Waals surface area contributed by atoms with Gasteiger partial charge in [0.2, 0.25) is 5.91 Å². The van der Waals surface area contributed by atoms with E-state index in [1.807, 2.05) is 12.1 Å². The van der Waals surface area contributed by atoms with Crippen LogP contribution in [0, 0.1) is 5.92 Å². The molecule has 0 radical (unpaired) electrons. The summed E-state index contributed by atoms with van der Waals surface area (Å²) in [6, 6.07) is 8.26. The molecule has 0 saturated carbocycles. The summed E-state index contributed by atoms with van der Waals surface area (Å²) in [6.07, 6.45) is 1.06. The molecule has 1 amide bonds. The number of carbonyl (C=O) groups excluding carboxylic acids is 1. The van der Waals surface area contributed by atoms with E-state index in [-0.39, 0.29) is 5.91 Å². The average molecular weight is 289 g/mol. The van der Waals surface area contributed by atoms with Crippen LogP contribution in [0.1, 0.15) is 26.3 Å². The molecule has 0 aliphatic heterocycles. The average Bonchev–Trinajstić information content (AvgIpc) is 2.69. The number of rotatable bonds is 4. The Bertz CT molecular complexity index is 602. The summed E-state index contributed by atoms with van der Waals surface area (Å²) in [5.74, 6) is 0.495. The van der Waals surface area contributed by atoms with E-state index in [9.17, 15) is 4.79 Å². The summed E-state index contributed by atoms with van der Waals surface area (Å²) in [5, 5.41) is 3.82. The first-order chi connectivity index (χ1) is 9.45. The molecule has 20 heavy (non-hydrogen) atoms. The fraction of sp³-hybridized carbons (Fsp3) is 0.333. The molecule has 0 aliphatic carbocycles. The highest BCUT2D eigenvalue weighted by Gasteiger charge is 2.11. The Kier molecular flexibility index (Phi) is 4.39. The normalized spacial score (nSPS) is 10.8. The van der Waals surface area contributed by atoms with E-state index in [1.165, 1.54) is 23.8 Å². The van der Waals surface area contributed by atoms with Crippen LogP contribution in [0.15, 0.2) is 24.3 Å². The van der Waals surface area contributed by atoms with E-state index in [0.29, 0.717) is 16.1 Å². The first kappa shape index (κ1) is 14.5. The van der Waals surface area contributed by atoms with Crippen LogP contribution in [0.3, 0.4) is 0 Å². The van der Waals surface area contributed by atoms with Crippen molar-refractivity contribution in [2.45, 2.75) is 27.2 Å². The standard InChI is InChI=1S/C15H19N3OS/c1-9(2)8-11-4-6-12(7-5-11)13-14(16)20-15(18-13)17-10(3)19/h4-7,9H,8,16H2,1-3H3,(H,17,18,19). The maximum atomic E-state index is 11.0. The van der Waals surface area contributed by atoms with Gasteiger partial charge in [-0.15, -0.1) is 0 Å². The topological polar surface area (TPSA) is 68.0 Å². The Morgan fingerprint density at radius 2 is 2.00 bits per heavy atom. The van der Waals surface area contributed by atoms with Gasteiger partial charge in [0, 0.05) is 12.5 Å². The van der Waals surface area contributed by atoms with Crippen molar-refractivity contribution >= 4 is 27.4 Å². The number of amides is 1. The van der Waals surface area contributed by atoms with Gasteiger partial charge in [-0.2, -0.15) is 0 Å².